The maximum Gasteiger partial charge on any atom is 0.275 e. The normalized spacial score (nSPS) is 16.4. The molecule has 1 unspecified atom stereocenters. The van der Waals surface area contributed by atoms with Crippen LogP contribution in [0.2, 0.25) is 0 Å². The van der Waals surface area contributed by atoms with Gasteiger partial charge in [0.15, 0.2) is 11.3 Å². The van der Waals surface area contributed by atoms with Gasteiger partial charge < -0.3 is 9.47 Å². The third kappa shape index (κ3) is 2.72. The number of halogens is 1. The molecule has 1 aliphatic heterocycles. The maximum absolute atomic E-state index is 13.1. The number of amides is 1. The number of aromatic nitrogens is 5. The van der Waals surface area contributed by atoms with Gasteiger partial charge in [-0.1, -0.05) is 6.07 Å². The van der Waals surface area contributed by atoms with E-state index in [-0.39, 0.29) is 11.9 Å². The average molecular weight is 437 g/mol. The van der Waals surface area contributed by atoms with Crippen molar-refractivity contribution in [1.82, 2.24) is 29.0 Å². The zero-order valence-corrected chi connectivity index (χ0v) is 16.7. The molecule has 0 fully saturated rings. The largest absolute Gasteiger partial charge is 0.340 e. The highest BCUT2D eigenvalue weighted by Crippen LogP contribution is 2.32. The molecule has 0 N–H and O–H groups in total. The van der Waals surface area contributed by atoms with Gasteiger partial charge in [0, 0.05) is 43.4 Å². The predicted octanol–water partition coefficient (Wildman–Crippen LogP) is 3.57. The molecule has 0 saturated heterocycles. The minimum atomic E-state index is -0.0824. The molecular formula is C20H17BrN6O. The van der Waals surface area contributed by atoms with Crippen molar-refractivity contribution < 1.29 is 4.79 Å². The van der Waals surface area contributed by atoms with E-state index in [0.29, 0.717) is 17.9 Å². The Labute approximate surface area is 169 Å². The number of carbonyl (C=O) groups is 1. The van der Waals surface area contributed by atoms with Gasteiger partial charge in [-0.05, 0) is 47.1 Å². The van der Waals surface area contributed by atoms with Gasteiger partial charge in [-0.3, -0.25) is 9.78 Å². The average Bonchev–Trinajstić information content (AvgIpc) is 3.32. The number of fused-ring (bicyclic) bond motifs is 2. The van der Waals surface area contributed by atoms with Crippen LogP contribution in [-0.2, 0) is 6.54 Å². The van der Waals surface area contributed by atoms with Crippen LogP contribution in [0.15, 0.2) is 59.5 Å². The number of pyridine rings is 1. The van der Waals surface area contributed by atoms with E-state index in [0.717, 1.165) is 28.1 Å². The molecule has 1 amide bonds. The predicted molar refractivity (Wildman–Crippen MR) is 108 cm³/mol. The van der Waals surface area contributed by atoms with Crippen LogP contribution in [0.4, 0.5) is 0 Å². The zero-order valence-electron chi connectivity index (χ0n) is 15.2. The Morgan fingerprint density at radius 3 is 2.89 bits per heavy atom. The number of rotatable bonds is 2. The SMILES string of the molecule is CC1c2ccc(-c3ccccn3)n2CCN1C(=O)c1cc2ncc(Br)cn2n1. The molecule has 0 aromatic carbocycles. The van der Waals surface area contributed by atoms with E-state index in [2.05, 4.69) is 54.6 Å². The second-order valence-corrected chi connectivity index (χ2v) is 7.70. The molecule has 1 atom stereocenters. The molecule has 4 aromatic rings. The molecular weight excluding hydrogens is 420 g/mol. The summed E-state index contributed by atoms with van der Waals surface area (Å²) in [5.74, 6) is -0.0824. The summed E-state index contributed by atoms with van der Waals surface area (Å²) in [6.07, 6.45) is 5.29. The van der Waals surface area contributed by atoms with Gasteiger partial charge in [-0.25, -0.2) is 9.50 Å². The first-order valence-corrected chi connectivity index (χ1v) is 9.84. The fraction of sp³-hybridized carbons (Fsp3) is 0.200. The van der Waals surface area contributed by atoms with Crippen LogP contribution in [0.3, 0.4) is 0 Å². The molecule has 0 radical (unpaired) electrons. The quantitative estimate of drug-likeness (QED) is 0.481. The number of carbonyl (C=O) groups excluding carboxylic acids is 1. The molecule has 1 aliphatic rings. The van der Waals surface area contributed by atoms with Crippen molar-refractivity contribution in [2.24, 2.45) is 0 Å². The van der Waals surface area contributed by atoms with Crippen molar-refractivity contribution in [3.05, 3.63) is 70.8 Å². The van der Waals surface area contributed by atoms with Crippen LogP contribution in [0.5, 0.6) is 0 Å². The summed E-state index contributed by atoms with van der Waals surface area (Å²) >= 11 is 3.38. The van der Waals surface area contributed by atoms with Crippen molar-refractivity contribution in [2.45, 2.75) is 19.5 Å². The molecule has 5 rings (SSSR count). The number of hydrogen-bond donors (Lipinski definition) is 0. The lowest BCUT2D eigenvalue weighted by Crippen LogP contribution is -2.41. The Morgan fingerprint density at radius 2 is 2.07 bits per heavy atom. The van der Waals surface area contributed by atoms with Crippen LogP contribution in [0.25, 0.3) is 17.0 Å². The molecule has 0 aliphatic carbocycles. The van der Waals surface area contributed by atoms with Crippen LogP contribution in [0, 0.1) is 0 Å². The molecule has 4 aromatic heterocycles. The minimum Gasteiger partial charge on any atom is -0.340 e. The second kappa shape index (κ2) is 6.56. The monoisotopic (exact) mass is 436 g/mol. The Morgan fingerprint density at radius 1 is 1.18 bits per heavy atom. The zero-order chi connectivity index (χ0) is 19.3. The Kier molecular flexibility index (Phi) is 4.01. The lowest BCUT2D eigenvalue weighted by molar-refractivity contribution is 0.0638. The molecule has 28 heavy (non-hydrogen) atoms. The Hall–Kier alpha value is -3.00. The fourth-order valence-corrected chi connectivity index (χ4v) is 4.08. The Balaban J connectivity index is 1.46. The van der Waals surface area contributed by atoms with E-state index < -0.39 is 0 Å². The summed E-state index contributed by atoms with van der Waals surface area (Å²) in [5.41, 5.74) is 4.18. The summed E-state index contributed by atoms with van der Waals surface area (Å²) < 4.78 is 4.68. The molecule has 140 valence electrons. The lowest BCUT2D eigenvalue weighted by atomic mass is 10.1. The highest BCUT2D eigenvalue weighted by Gasteiger charge is 2.31. The van der Waals surface area contributed by atoms with E-state index in [1.807, 2.05) is 23.1 Å². The summed E-state index contributed by atoms with van der Waals surface area (Å²) in [5, 5.41) is 4.41. The Bertz CT molecular complexity index is 1180. The summed E-state index contributed by atoms with van der Waals surface area (Å²) in [4.78, 5) is 23.8. The van der Waals surface area contributed by atoms with Gasteiger partial charge >= 0.3 is 0 Å². The molecule has 7 nitrogen and oxygen atoms in total. The first-order chi connectivity index (χ1) is 13.6. The van der Waals surface area contributed by atoms with Crippen molar-refractivity contribution in [3.63, 3.8) is 0 Å². The summed E-state index contributed by atoms with van der Waals surface area (Å²) in [7, 11) is 0. The van der Waals surface area contributed by atoms with Crippen molar-refractivity contribution >= 4 is 27.5 Å². The van der Waals surface area contributed by atoms with E-state index in [4.69, 9.17) is 0 Å². The van der Waals surface area contributed by atoms with Crippen molar-refractivity contribution in [2.75, 3.05) is 6.54 Å². The van der Waals surface area contributed by atoms with E-state index in [1.54, 1.807) is 29.2 Å². The highest BCUT2D eigenvalue weighted by molar-refractivity contribution is 9.10. The number of nitrogens with zero attached hydrogens (tertiary/aromatic N) is 6. The first-order valence-electron chi connectivity index (χ1n) is 9.04. The smallest absolute Gasteiger partial charge is 0.275 e. The topological polar surface area (TPSA) is 68.3 Å². The van der Waals surface area contributed by atoms with Crippen LogP contribution < -0.4 is 0 Å². The van der Waals surface area contributed by atoms with E-state index in [9.17, 15) is 4.79 Å². The van der Waals surface area contributed by atoms with Gasteiger partial charge in [0.1, 0.15) is 0 Å². The molecule has 8 heteroatoms. The van der Waals surface area contributed by atoms with Crippen LogP contribution >= 0.6 is 15.9 Å². The molecule has 0 saturated carbocycles. The van der Waals surface area contributed by atoms with Gasteiger partial charge in [-0.2, -0.15) is 5.10 Å². The molecule has 5 heterocycles. The second-order valence-electron chi connectivity index (χ2n) is 6.79. The van der Waals surface area contributed by atoms with Gasteiger partial charge in [-0.15, -0.1) is 0 Å². The maximum atomic E-state index is 13.1. The summed E-state index contributed by atoms with van der Waals surface area (Å²) in [6, 6.07) is 11.7. The van der Waals surface area contributed by atoms with Gasteiger partial charge in [0.2, 0.25) is 0 Å². The first kappa shape index (κ1) is 17.1. The van der Waals surface area contributed by atoms with Crippen molar-refractivity contribution in [1.29, 1.82) is 0 Å². The van der Waals surface area contributed by atoms with Gasteiger partial charge in [0.05, 0.1) is 21.9 Å². The van der Waals surface area contributed by atoms with E-state index >= 15 is 0 Å². The third-order valence-electron chi connectivity index (χ3n) is 5.16. The van der Waals surface area contributed by atoms with E-state index in [1.165, 1.54) is 0 Å². The van der Waals surface area contributed by atoms with Crippen LogP contribution in [0.1, 0.15) is 29.1 Å². The van der Waals surface area contributed by atoms with Crippen LogP contribution in [-0.4, -0.2) is 41.5 Å². The van der Waals surface area contributed by atoms with Gasteiger partial charge in [0.25, 0.3) is 5.91 Å². The summed E-state index contributed by atoms with van der Waals surface area (Å²) in [6.45, 7) is 3.39. The number of hydrogen-bond acceptors (Lipinski definition) is 4. The standard InChI is InChI=1S/C20H17BrN6O/c1-13-17-5-6-18(15-4-2-3-7-22-15)26(17)9-8-25(13)20(28)16-10-19-23-11-14(21)12-27(19)24-16/h2-7,10-13H,8-9H2,1H3. The fourth-order valence-electron chi connectivity index (χ4n) is 3.78. The highest BCUT2D eigenvalue weighted by atomic mass is 79.9. The lowest BCUT2D eigenvalue weighted by Gasteiger charge is -2.35. The minimum absolute atomic E-state index is 0.0526. The third-order valence-corrected chi connectivity index (χ3v) is 5.57. The molecule has 0 spiro atoms. The van der Waals surface area contributed by atoms with Crippen molar-refractivity contribution in [3.8, 4) is 11.4 Å². The molecule has 0 bridgehead atoms.